The van der Waals surface area contributed by atoms with E-state index in [0.29, 0.717) is 12.8 Å². The van der Waals surface area contributed by atoms with Crippen LogP contribution in [-0.2, 0) is 0 Å². The number of rotatable bonds is 7. The van der Waals surface area contributed by atoms with Gasteiger partial charge in [-0.1, -0.05) is 19.9 Å². The van der Waals surface area contributed by atoms with E-state index in [1.807, 2.05) is 13.8 Å². The minimum absolute atomic E-state index is 0.126. The van der Waals surface area contributed by atoms with Crippen LogP contribution in [0.1, 0.15) is 37.0 Å². The Bertz CT molecular complexity index is 518. The van der Waals surface area contributed by atoms with Gasteiger partial charge in [0, 0.05) is 6.07 Å². The standard InChI is InChI=1S/C14H20N2O5/c1-4-14(5-2,9-17)15-13(18)12-10(16(19)20)7-6-8-11(12)21-3/h6-8,17H,4-5,9H2,1-3H3,(H,15,18). The van der Waals surface area contributed by atoms with Crippen molar-refractivity contribution in [2.24, 2.45) is 0 Å². The largest absolute Gasteiger partial charge is 0.496 e. The van der Waals surface area contributed by atoms with Crippen molar-refractivity contribution in [1.82, 2.24) is 5.32 Å². The summed E-state index contributed by atoms with van der Waals surface area (Å²) in [6, 6.07) is 4.18. The molecular formula is C14H20N2O5. The third-order valence-corrected chi connectivity index (χ3v) is 3.68. The number of aliphatic hydroxyl groups is 1. The topological polar surface area (TPSA) is 102 Å². The van der Waals surface area contributed by atoms with Gasteiger partial charge in [0.25, 0.3) is 11.6 Å². The zero-order valence-electron chi connectivity index (χ0n) is 12.4. The number of nitrogens with zero attached hydrogens (tertiary/aromatic N) is 1. The lowest BCUT2D eigenvalue weighted by Crippen LogP contribution is -2.50. The summed E-state index contributed by atoms with van der Waals surface area (Å²) in [5, 5.41) is 23.3. The average molecular weight is 296 g/mol. The predicted molar refractivity (Wildman–Crippen MR) is 77.5 cm³/mol. The molecule has 0 saturated heterocycles. The summed E-state index contributed by atoms with van der Waals surface area (Å²) in [5.74, 6) is -0.502. The number of hydrogen-bond donors (Lipinski definition) is 2. The molecule has 21 heavy (non-hydrogen) atoms. The minimum Gasteiger partial charge on any atom is -0.496 e. The van der Waals surface area contributed by atoms with Crippen molar-refractivity contribution in [2.75, 3.05) is 13.7 Å². The van der Waals surface area contributed by atoms with Crippen molar-refractivity contribution in [3.63, 3.8) is 0 Å². The highest BCUT2D eigenvalue weighted by atomic mass is 16.6. The smallest absolute Gasteiger partial charge is 0.285 e. The lowest BCUT2D eigenvalue weighted by molar-refractivity contribution is -0.385. The number of nitro groups is 1. The van der Waals surface area contributed by atoms with E-state index in [1.54, 1.807) is 0 Å². The van der Waals surface area contributed by atoms with Gasteiger partial charge in [-0.05, 0) is 18.9 Å². The molecule has 0 aliphatic rings. The highest BCUT2D eigenvalue weighted by Gasteiger charge is 2.32. The lowest BCUT2D eigenvalue weighted by atomic mass is 9.93. The number of carbonyl (C=O) groups is 1. The summed E-state index contributed by atoms with van der Waals surface area (Å²) >= 11 is 0. The van der Waals surface area contributed by atoms with Crippen molar-refractivity contribution in [3.8, 4) is 5.75 Å². The van der Waals surface area contributed by atoms with Gasteiger partial charge in [0.2, 0.25) is 0 Å². The Morgan fingerprint density at radius 3 is 2.48 bits per heavy atom. The summed E-state index contributed by atoms with van der Waals surface area (Å²) in [4.78, 5) is 22.9. The van der Waals surface area contributed by atoms with Crippen molar-refractivity contribution in [2.45, 2.75) is 32.2 Å². The molecule has 1 rings (SSSR count). The Morgan fingerprint density at radius 1 is 1.43 bits per heavy atom. The average Bonchev–Trinajstić information content (AvgIpc) is 2.51. The number of nitrogens with one attached hydrogen (secondary N) is 1. The maximum absolute atomic E-state index is 12.4. The number of amides is 1. The molecule has 7 heteroatoms. The third-order valence-electron chi connectivity index (χ3n) is 3.68. The highest BCUT2D eigenvalue weighted by molar-refractivity contribution is 6.01. The molecule has 0 bridgehead atoms. The van der Waals surface area contributed by atoms with E-state index in [4.69, 9.17) is 4.74 Å². The first-order valence-electron chi connectivity index (χ1n) is 6.69. The summed E-state index contributed by atoms with van der Waals surface area (Å²) in [6.45, 7) is 3.42. The van der Waals surface area contributed by atoms with Crippen molar-refractivity contribution < 1.29 is 19.6 Å². The van der Waals surface area contributed by atoms with Gasteiger partial charge < -0.3 is 15.2 Å². The summed E-state index contributed by atoms with van der Waals surface area (Å²) < 4.78 is 5.04. The normalized spacial score (nSPS) is 11.0. The second-order valence-electron chi connectivity index (χ2n) is 4.71. The number of ether oxygens (including phenoxy) is 1. The molecule has 7 nitrogen and oxygen atoms in total. The first-order valence-corrected chi connectivity index (χ1v) is 6.69. The van der Waals surface area contributed by atoms with Crippen LogP contribution in [0, 0.1) is 10.1 Å². The molecule has 1 aromatic carbocycles. The van der Waals surface area contributed by atoms with Crippen molar-refractivity contribution in [3.05, 3.63) is 33.9 Å². The molecule has 0 aliphatic heterocycles. The zero-order valence-corrected chi connectivity index (χ0v) is 12.4. The van der Waals surface area contributed by atoms with Crippen LogP contribution >= 0.6 is 0 Å². The van der Waals surface area contributed by atoms with Crippen LogP contribution in [0.15, 0.2) is 18.2 Å². The van der Waals surface area contributed by atoms with Crippen molar-refractivity contribution >= 4 is 11.6 Å². The second kappa shape index (κ2) is 7.03. The van der Waals surface area contributed by atoms with Gasteiger partial charge in [-0.2, -0.15) is 0 Å². The predicted octanol–water partition coefficient (Wildman–Crippen LogP) is 1.88. The van der Waals surface area contributed by atoms with Crippen LogP contribution in [0.4, 0.5) is 5.69 Å². The number of benzene rings is 1. The van der Waals surface area contributed by atoms with E-state index < -0.39 is 16.4 Å². The van der Waals surface area contributed by atoms with Gasteiger partial charge in [0.15, 0.2) is 5.56 Å². The van der Waals surface area contributed by atoms with Crippen molar-refractivity contribution in [1.29, 1.82) is 0 Å². The maximum atomic E-state index is 12.4. The van der Waals surface area contributed by atoms with E-state index in [0.717, 1.165) is 0 Å². The van der Waals surface area contributed by atoms with E-state index in [9.17, 15) is 20.0 Å². The molecule has 0 atom stereocenters. The minimum atomic E-state index is -0.800. The van der Waals surface area contributed by atoms with Gasteiger partial charge in [0.05, 0.1) is 24.2 Å². The Hall–Kier alpha value is -2.15. The Kier molecular flexibility index (Phi) is 5.66. The van der Waals surface area contributed by atoms with Gasteiger partial charge >= 0.3 is 0 Å². The molecule has 0 radical (unpaired) electrons. The molecule has 0 saturated carbocycles. The summed E-state index contributed by atoms with van der Waals surface area (Å²) in [5.41, 5.74) is -1.26. The highest BCUT2D eigenvalue weighted by Crippen LogP contribution is 2.29. The van der Waals surface area contributed by atoms with E-state index in [-0.39, 0.29) is 23.6 Å². The van der Waals surface area contributed by atoms with Gasteiger partial charge in [0.1, 0.15) is 5.75 Å². The lowest BCUT2D eigenvalue weighted by Gasteiger charge is -2.30. The Morgan fingerprint density at radius 2 is 2.05 bits per heavy atom. The van der Waals surface area contributed by atoms with Crippen LogP contribution in [-0.4, -0.2) is 35.2 Å². The SMILES string of the molecule is CCC(CC)(CO)NC(=O)c1c(OC)cccc1[N+](=O)[O-]. The third kappa shape index (κ3) is 3.49. The maximum Gasteiger partial charge on any atom is 0.285 e. The first-order chi connectivity index (χ1) is 9.94. The molecule has 2 N–H and O–H groups in total. The molecule has 116 valence electrons. The zero-order chi connectivity index (χ0) is 16.0. The number of methoxy groups -OCH3 is 1. The quantitative estimate of drug-likeness (QED) is 0.591. The van der Waals surface area contributed by atoms with Crippen LogP contribution in [0.2, 0.25) is 0 Å². The van der Waals surface area contributed by atoms with Crippen LogP contribution in [0.3, 0.4) is 0 Å². The van der Waals surface area contributed by atoms with E-state index in [1.165, 1.54) is 25.3 Å². The number of hydrogen-bond acceptors (Lipinski definition) is 5. The molecule has 0 heterocycles. The van der Waals surface area contributed by atoms with E-state index >= 15 is 0 Å². The molecule has 0 spiro atoms. The molecular weight excluding hydrogens is 276 g/mol. The van der Waals surface area contributed by atoms with Crippen LogP contribution in [0.25, 0.3) is 0 Å². The molecule has 0 fully saturated rings. The first kappa shape index (κ1) is 16.9. The fraction of sp³-hybridized carbons (Fsp3) is 0.500. The molecule has 1 amide bonds. The fourth-order valence-electron chi connectivity index (χ4n) is 2.06. The number of nitro benzene ring substituents is 1. The Balaban J connectivity index is 3.26. The molecule has 0 aromatic heterocycles. The monoisotopic (exact) mass is 296 g/mol. The number of carbonyl (C=O) groups excluding carboxylic acids is 1. The van der Waals surface area contributed by atoms with E-state index in [2.05, 4.69) is 5.32 Å². The molecule has 0 unspecified atom stereocenters. The van der Waals surface area contributed by atoms with Crippen LogP contribution in [0.5, 0.6) is 5.75 Å². The summed E-state index contributed by atoms with van der Waals surface area (Å²) in [7, 11) is 1.34. The summed E-state index contributed by atoms with van der Waals surface area (Å²) in [6.07, 6.45) is 1.02. The molecule has 0 aliphatic carbocycles. The fourth-order valence-corrected chi connectivity index (χ4v) is 2.06. The number of aliphatic hydroxyl groups excluding tert-OH is 1. The Labute approximate surface area is 123 Å². The van der Waals surface area contributed by atoms with Crippen LogP contribution < -0.4 is 10.1 Å². The second-order valence-corrected chi connectivity index (χ2v) is 4.71. The van der Waals surface area contributed by atoms with Gasteiger partial charge in [-0.3, -0.25) is 14.9 Å². The van der Waals surface area contributed by atoms with Gasteiger partial charge in [-0.25, -0.2) is 0 Å². The molecule has 1 aromatic rings. The van der Waals surface area contributed by atoms with Gasteiger partial charge in [-0.15, -0.1) is 0 Å².